The molecule has 0 fully saturated rings. The first kappa shape index (κ1) is 17.0. The Balaban J connectivity index is 2.12. The minimum Gasteiger partial charge on any atom is -0.481 e. The third kappa shape index (κ3) is 4.31. The zero-order valence-corrected chi connectivity index (χ0v) is 13.8. The smallest absolute Gasteiger partial charge is 0.303 e. The number of hydrogen-bond donors (Lipinski definition) is 2. The second-order valence-corrected chi connectivity index (χ2v) is 6.28. The summed E-state index contributed by atoms with van der Waals surface area (Å²) < 4.78 is 1.91. The van der Waals surface area contributed by atoms with E-state index in [0.29, 0.717) is 6.42 Å². The summed E-state index contributed by atoms with van der Waals surface area (Å²) in [7, 11) is 0. The van der Waals surface area contributed by atoms with E-state index in [1.54, 1.807) is 0 Å². The summed E-state index contributed by atoms with van der Waals surface area (Å²) in [6.45, 7) is 5.85. The molecule has 0 saturated carbocycles. The van der Waals surface area contributed by atoms with E-state index in [0.717, 1.165) is 23.3 Å². The van der Waals surface area contributed by atoms with Crippen molar-refractivity contribution in [1.82, 2.24) is 14.9 Å². The van der Waals surface area contributed by atoms with E-state index >= 15 is 0 Å². The first-order chi connectivity index (χ1) is 10.8. The highest BCUT2D eigenvalue weighted by Gasteiger charge is 2.22. The third-order valence-corrected chi connectivity index (χ3v) is 3.79. The Morgan fingerprint density at radius 1 is 1.30 bits per heavy atom. The van der Waals surface area contributed by atoms with Gasteiger partial charge >= 0.3 is 5.97 Å². The number of aryl methyl sites for hydroxylation is 1. The Hall–Kier alpha value is -2.37. The van der Waals surface area contributed by atoms with Gasteiger partial charge in [0.25, 0.3) is 0 Å². The molecule has 0 radical (unpaired) electrons. The van der Waals surface area contributed by atoms with Crippen LogP contribution in [0.4, 0.5) is 0 Å². The van der Waals surface area contributed by atoms with Crippen molar-refractivity contribution in [3.8, 4) is 0 Å². The molecular formula is C17H23N3O3. The Morgan fingerprint density at radius 3 is 2.65 bits per heavy atom. The lowest BCUT2D eigenvalue weighted by molar-refractivity contribution is -0.137. The predicted molar refractivity (Wildman–Crippen MR) is 88.2 cm³/mol. The number of aliphatic carboxylic acids is 1. The van der Waals surface area contributed by atoms with E-state index in [1.165, 1.54) is 0 Å². The number of hydrogen-bond acceptors (Lipinski definition) is 3. The number of carbonyl (C=O) groups excluding carboxylic acids is 1. The van der Waals surface area contributed by atoms with Crippen molar-refractivity contribution in [3.63, 3.8) is 0 Å². The molecule has 0 bridgehead atoms. The summed E-state index contributed by atoms with van der Waals surface area (Å²) in [6, 6.07) is 7.73. The van der Waals surface area contributed by atoms with Gasteiger partial charge in [0.2, 0.25) is 5.91 Å². The molecule has 2 rings (SSSR count). The number of fused-ring (bicyclic) bond motifs is 1. The Labute approximate surface area is 135 Å². The van der Waals surface area contributed by atoms with Crippen LogP contribution in [0.2, 0.25) is 0 Å². The number of imidazole rings is 1. The normalized spacial score (nSPS) is 11.6. The van der Waals surface area contributed by atoms with Crippen molar-refractivity contribution >= 4 is 22.9 Å². The van der Waals surface area contributed by atoms with Crippen LogP contribution in [-0.4, -0.2) is 32.1 Å². The standard InChI is InChI=1S/C17H23N3O3/c1-4-14-18-12-7-5-6-8-13(12)20(14)11-15(21)19-17(2,3)10-9-16(22)23/h5-8H,4,9-11H2,1-3H3,(H,19,21)(H,22,23). The third-order valence-electron chi connectivity index (χ3n) is 3.79. The summed E-state index contributed by atoms with van der Waals surface area (Å²) >= 11 is 0. The number of carboxylic acid groups (broad SMARTS) is 1. The second-order valence-electron chi connectivity index (χ2n) is 6.28. The molecule has 0 aliphatic carbocycles. The minimum absolute atomic E-state index is 0.0293. The largest absolute Gasteiger partial charge is 0.481 e. The summed E-state index contributed by atoms with van der Waals surface area (Å²) in [4.78, 5) is 27.6. The highest BCUT2D eigenvalue weighted by Crippen LogP contribution is 2.17. The minimum atomic E-state index is -0.860. The number of amides is 1. The highest BCUT2D eigenvalue weighted by molar-refractivity contribution is 5.81. The molecule has 6 heteroatoms. The highest BCUT2D eigenvalue weighted by atomic mass is 16.4. The number of carbonyl (C=O) groups is 2. The number of nitrogens with one attached hydrogen (secondary N) is 1. The maximum atomic E-state index is 12.4. The van der Waals surface area contributed by atoms with Gasteiger partial charge in [0, 0.05) is 18.4 Å². The van der Waals surface area contributed by atoms with Crippen molar-refractivity contribution in [2.24, 2.45) is 0 Å². The second kappa shape index (κ2) is 6.81. The molecule has 0 spiro atoms. The molecule has 1 amide bonds. The summed E-state index contributed by atoms with van der Waals surface area (Å²) in [5, 5.41) is 11.7. The fourth-order valence-corrected chi connectivity index (χ4v) is 2.61. The average Bonchev–Trinajstić information content (AvgIpc) is 2.83. The summed E-state index contributed by atoms with van der Waals surface area (Å²) in [5.74, 6) is -0.135. The molecule has 0 atom stereocenters. The molecule has 1 aromatic carbocycles. The molecule has 6 nitrogen and oxygen atoms in total. The van der Waals surface area contributed by atoms with Crippen LogP contribution in [0.1, 0.15) is 39.4 Å². The molecule has 0 saturated heterocycles. The lowest BCUT2D eigenvalue weighted by atomic mass is 9.98. The van der Waals surface area contributed by atoms with E-state index < -0.39 is 11.5 Å². The molecular weight excluding hydrogens is 294 g/mol. The molecule has 0 aliphatic heterocycles. The van der Waals surface area contributed by atoms with Crippen molar-refractivity contribution in [2.75, 3.05) is 0 Å². The molecule has 1 aromatic heterocycles. The summed E-state index contributed by atoms with van der Waals surface area (Å²) in [6.07, 6.45) is 1.16. The SMILES string of the molecule is CCc1nc2ccccc2n1CC(=O)NC(C)(C)CCC(=O)O. The Bertz CT molecular complexity index is 719. The molecule has 0 aliphatic rings. The quantitative estimate of drug-likeness (QED) is 0.821. The van der Waals surface area contributed by atoms with Gasteiger partial charge in [-0.1, -0.05) is 19.1 Å². The Kier molecular flexibility index (Phi) is 5.03. The van der Waals surface area contributed by atoms with Gasteiger partial charge < -0.3 is 15.0 Å². The van der Waals surface area contributed by atoms with Gasteiger partial charge in [0.05, 0.1) is 11.0 Å². The fraction of sp³-hybridized carbons (Fsp3) is 0.471. The van der Waals surface area contributed by atoms with Gasteiger partial charge in [-0.05, 0) is 32.4 Å². The molecule has 1 heterocycles. The van der Waals surface area contributed by atoms with Crippen LogP contribution >= 0.6 is 0 Å². The van der Waals surface area contributed by atoms with Gasteiger partial charge in [0.1, 0.15) is 12.4 Å². The predicted octanol–water partition coefficient (Wildman–Crippen LogP) is 2.36. The molecule has 0 unspecified atom stereocenters. The van der Waals surface area contributed by atoms with Crippen molar-refractivity contribution < 1.29 is 14.7 Å². The lowest BCUT2D eigenvalue weighted by Crippen LogP contribution is -2.45. The summed E-state index contributed by atoms with van der Waals surface area (Å²) in [5.41, 5.74) is 1.25. The first-order valence-corrected chi connectivity index (χ1v) is 7.79. The average molecular weight is 317 g/mol. The topological polar surface area (TPSA) is 84.2 Å². The fourth-order valence-electron chi connectivity index (χ4n) is 2.61. The van der Waals surface area contributed by atoms with E-state index in [-0.39, 0.29) is 18.9 Å². The first-order valence-electron chi connectivity index (χ1n) is 7.79. The lowest BCUT2D eigenvalue weighted by Gasteiger charge is -2.26. The van der Waals surface area contributed by atoms with Crippen molar-refractivity contribution in [2.45, 2.75) is 52.1 Å². The molecule has 124 valence electrons. The van der Waals surface area contributed by atoms with Crippen LogP contribution in [0.15, 0.2) is 24.3 Å². The number of rotatable bonds is 7. The van der Waals surface area contributed by atoms with Gasteiger partial charge in [-0.25, -0.2) is 4.98 Å². The van der Waals surface area contributed by atoms with Crippen LogP contribution in [-0.2, 0) is 22.6 Å². The van der Waals surface area contributed by atoms with E-state index in [1.807, 2.05) is 49.6 Å². The van der Waals surface area contributed by atoms with Crippen LogP contribution in [0.3, 0.4) is 0 Å². The Morgan fingerprint density at radius 2 is 2.00 bits per heavy atom. The van der Waals surface area contributed by atoms with Crippen LogP contribution in [0.5, 0.6) is 0 Å². The number of carboxylic acids is 1. The monoisotopic (exact) mass is 317 g/mol. The van der Waals surface area contributed by atoms with Crippen molar-refractivity contribution in [1.29, 1.82) is 0 Å². The molecule has 2 N–H and O–H groups in total. The number of para-hydroxylation sites is 2. The zero-order valence-electron chi connectivity index (χ0n) is 13.8. The molecule has 23 heavy (non-hydrogen) atoms. The zero-order chi connectivity index (χ0) is 17.0. The van der Waals surface area contributed by atoms with Crippen LogP contribution < -0.4 is 5.32 Å². The van der Waals surface area contributed by atoms with Crippen LogP contribution in [0, 0.1) is 0 Å². The van der Waals surface area contributed by atoms with Gasteiger partial charge in [-0.3, -0.25) is 9.59 Å². The van der Waals surface area contributed by atoms with Gasteiger partial charge in [0.15, 0.2) is 0 Å². The van der Waals surface area contributed by atoms with Crippen molar-refractivity contribution in [3.05, 3.63) is 30.1 Å². The maximum Gasteiger partial charge on any atom is 0.303 e. The van der Waals surface area contributed by atoms with Gasteiger partial charge in [-0.15, -0.1) is 0 Å². The molecule has 2 aromatic rings. The van der Waals surface area contributed by atoms with E-state index in [4.69, 9.17) is 5.11 Å². The maximum absolute atomic E-state index is 12.4. The number of aromatic nitrogens is 2. The number of nitrogens with zero attached hydrogens (tertiary/aromatic N) is 2. The van der Waals surface area contributed by atoms with E-state index in [2.05, 4.69) is 10.3 Å². The van der Waals surface area contributed by atoms with E-state index in [9.17, 15) is 9.59 Å². The van der Waals surface area contributed by atoms with Gasteiger partial charge in [-0.2, -0.15) is 0 Å². The van der Waals surface area contributed by atoms with Crippen LogP contribution in [0.25, 0.3) is 11.0 Å². The number of benzene rings is 1.